The summed E-state index contributed by atoms with van der Waals surface area (Å²) in [4.78, 5) is 15.8. The normalized spacial score (nSPS) is 24.9. The third-order valence-electron chi connectivity index (χ3n) is 6.76. The van der Waals surface area contributed by atoms with Gasteiger partial charge in [0.15, 0.2) is 0 Å². The van der Waals surface area contributed by atoms with Crippen molar-refractivity contribution in [1.82, 2.24) is 4.90 Å². The zero-order valence-corrected chi connectivity index (χ0v) is 18.8. The van der Waals surface area contributed by atoms with Crippen molar-refractivity contribution in [3.63, 3.8) is 0 Å². The van der Waals surface area contributed by atoms with E-state index in [4.69, 9.17) is 23.2 Å². The molecule has 0 bridgehead atoms. The van der Waals surface area contributed by atoms with Gasteiger partial charge in [-0.1, -0.05) is 66.4 Å². The maximum Gasteiger partial charge on any atom is 0.226 e. The zero-order valence-electron chi connectivity index (χ0n) is 17.3. The standard InChI is InChI=1S/C26H29Cl2NO/c1-2-6-21-16-24(20-9-5-10-23(28)15-20)25(19-11-13-22(27)14-12-19)29(26(21)30)17-18-7-3-4-8-18/h2,5,9-15,18,21,24-25H,1,3-4,6-8,16-17H2/t21-,24-,25?/m1/s1. The number of piperidine rings is 1. The van der Waals surface area contributed by atoms with Gasteiger partial charge >= 0.3 is 0 Å². The Morgan fingerprint density at radius 2 is 1.73 bits per heavy atom. The molecule has 4 heteroatoms. The Morgan fingerprint density at radius 3 is 2.40 bits per heavy atom. The van der Waals surface area contributed by atoms with Gasteiger partial charge in [0.25, 0.3) is 0 Å². The summed E-state index contributed by atoms with van der Waals surface area (Å²) in [5, 5.41) is 1.45. The van der Waals surface area contributed by atoms with Gasteiger partial charge in [0.1, 0.15) is 0 Å². The second-order valence-electron chi connectivity index (χ2n) is 8.76. The van der Waals surface area contributed by atoms with Crippen LogP contribution in [0.3, 0.4) is 0 Å². The van der Waals surface area contributed by atoms with Crippen LogP contribution in [0.25, 0.3) is 0 Å². The number of rotatable bonds is 6. The molecule has 4 rings (SSSR count). The van der Waals surface area contributed by atoms with Crippen LogP contribution >= 0.6 is 23.2 Å². The summed E-state index contributed by atoms with van der Waals surface area (Å²) in [6.45, 7) is 4.74. The molecule has 0 spiro atoms. The highest BCUT2D eigenvalue weighted by molar-refractivity contribution is 6.30. The number of carbonyl (C=O) groups excluding carboxylic acids is 1. The number of halogens is 2. The Balaban J connectivity index is 1.78. The first-order valence-electron chi connectivity index (χ1n) is 11.0. The summed E-state index contributed by atoms with van der Waals surface area (Å²) >= 11 is 12.5. The van der Waals surface area contributed by atoms with E-state index in [0.717, 1.165) is 23.6 Å². The number of amides is 1. The van der Waals surface area contributed by atoms with Crippen LogP contribution in [-0.2, 0) is 4.79 Å². The van der Waals surface area contributed by atoms with E-state index in [1.165, 1.54) is 31.2 Å². The van der Waals surface area contributed by atoms with Crippen LogP contribution in [0.2, 0.25) is 10.0 Å². The van der Waals surface area contributed by atoms with Crippen LogP contribution in [-0.4, -0.2) is 17.4 Å². The monoisotopic (exact) mass is 441 g/mol. The number of likely N-dealkylation sites (tertiary alicyclic amines) is 1. The van der Waals surface area contributed by atoms with Gasteiger partial charge in [-0.15, -0.1) is 6.58 Å². The maximum atomic E-state index is 13.6. The first kappa shape index (κ1) is 21.5. The average Bonchev–Trinajstić information content (AvgIpc) is 3.25. The molecule has 2 aromatic carbocycles. The Kier molecular flexibility index (Phi) is 6.85. The van der Waals surface area contributed by atoms with E-state index in [2.05, 4.69) is 35.7 Å². The highest BCUT2D eigenvalue weighted by atomic mass is 35.5. The molecule has 1 amide bonds. The minimum atomic E-state index is -0.0311. The molecule has 30 heavy (non-hydrogen) atoms. The maximum absolute atomic E-state index is 13.6. The van der Waals surface area contributed by atoms with Crippen molar-refractivity contribution in [1.29, 1.82) is 0 Å². The predicted molar refractivity (Wildman–Crippen MR) is 125 cm³/mol. The molecule has 1 unspecified atom stereocenters. The van der Waals surface area contributed by atoms with Gasteiger partial charge < -0.3 is 4.90 Å². The third-order valence-corrected chi connectivity index (χ3v) is 7.24. The molecule has 0 N–H and O–H groups in total. The molecule has 158 valence electrons. The number of hydrogen-bond donors (Lipinski definition) is 0. The van der Waals surface area contributed by atoms with Gasteiger partial charge in [-0.2, -0.15) is 0 Å². The summed E-state index contributed by atoms with van der Waals surface area (Å²) < 4.78 is 0. The van der Waals surface area contributed by atoms with Crippen LogP contribution in [0.1, 0.15) is 61.6 Å². The van der Waals surface area contributed by atoms with Crippen LogP contribution in [0.5, 0.6) is 0 Å². The first-order chi connectivity index (χ1) is 14.6. The quantitative estimate of drug-likeness (QED) is 0.426. The van der Waals surface area contributed by atoms with E-state index in [1.54, 1.807) is 0 Å². The van der Waals surface area contributed by atoms with Gasteiger partial charge in [0, 0.05) is 28.4 Å². The molecule has 1 saturated carbocycles. The smallest absolute Gasteiger partial charge is 0.226 e. The lowest BCUT2D eigenvalue weighted by atomic mass is 9.74. The van der Waals surface area contributed by atoms with E-state index in [-0.39, 0.29) is 23.8 Å². The zero-order chi connectivity index (χ0) is 21.1. The summed E-state index contributed by atoms with van der Waals surface area (Å²) in [5.74, 6) is 1.01. The van der Waals surface area contributed by atoms with Gasteiger partial charge in [-0.05, 0) is 67.0 Å². The fraction of sp³-hybridized carbons (Fsp3) is 0.423. The Morgan fingerprint density at radius 1 is 1.00 bits per heavy atom. The van der Waals surface area contributed by atoms with Crippen LogP contribution in [0.15, 0.2) is 61.2 Å². The molecule has 1 aliphatic heterocycles. The second kappa shape index (κ2) is 9.58. The Bertz CT molecular complexity index is 888. The van der Waals surface area contributed by atoms with Crippen molar-refractivity contribution in [3.8, 4) is 0 Å². The fourth-order valence-corrected chi connectivity index (χ4v) is 5.65. The molecule has 1 aliphatic carbocycles. The second-order valence-corrected chi connectivity index (χ2v) is 9.63. The molecular formula is C26H29Cl2NO. The molecular weight excluding hydrogens is 413 g/mol. The molecule has 1 saturated heterocycles. The van der Waals surface area contributed by atoms with Crippen LogP contribution in [0.4, 0.5) is 0 Å². The lowest BCUT2D eigenvalue weighted by molar-refractivity contribution is -0.144. The van der Waals surface area contributed by atoms with E-state index >= 15 is 0 Å². The lowest BCUT2D eigenvalue weighted by Gasteiger charge is -2.46. The van der Waals surface area contributed by atoms with Gasteiger partial charge in [-0.3, -0.25) is 4.79 Å². The summed E-state index contributed by atoms with van der Waals surface area (Å²) in [6, 6.07) is 16.1. The largest absolute Gasteiger partial charge is 0.335 e. The van der Waals surface area contributed by atoms with Crippen molar-refractivity contribution >= 4 is 29.1 Å². The molecule has 3 atom stereocenters. The topological polar surface area (TPSA) is 20.3 Å². The minimum Gasteiger partial charge on any atom is -0.335 e. The Labute approximate surface area is 189 Å². The molecule has 2 aromatic rings. The predicted octanol–water partition coefficient (Wildman–Crippen LogP) is 7.43. The number of carbonyl (C=O) groups is 1. The average molecular weight is 442 g/mol. The molecule has 2 nitrogen and oxygen atoms in total. The van der Waals surface area contributed by atoms with Crippen molar-refractivity contribution in [3.05, 3.63) is 82.4 Å². The van der Waals surface area contributed by atoms with Gasteiger partial charge in [0.05, 0.1) is 6.04 Å². The highest BCUT2D eigenvalue weighted by Crippen LogP contribution is 2.47. The molecule has 2 fully saturated rings. The van der Waals surface area contributed by atoms with Crippen LogP contribution < -0.4 is 0 Å². The number of hydrogen-bond acceptors (Lipinski definition) is 1. The number of benzene rings is 2. The SMILES string of the molecule is C=CC[C@@H]1C[C@H](c2cccc(Cl)c2)C(c2ccc(Cl)cc2)N(CC2CCCC2)C1=O. The van der Waals surface area contributed by atoms with Gasteiger partial charge in [-0.25, -0.2) is 0 Å². The first-order valence-corrected chi connectivity index (χ1v) is 11.7. The third kappa shape index (κ3) is 4.60. The summed E-state index contributed by atoms with van der Waals surface area (Å²) in [5.41, 5.74) is 2.34. The Hall–Kier alpha value is -1.77. The molecule has 0 aromatic heterocycles. The van der Waals surface area contributed by atoms with Crippen molar-refractivity contribution < 1.29 is 4.79 Å². The molecule has 1 heterocycles. The molecule has 2 aliphatic rings. The van der Waals surface area contributed by atoms with Crippen molar-refractivity contribution in [2.75, 3.05) is 6.54 Å². The van der Waals surface area contributed by atoms with Crippen molar-refractivity contribution in [2.24, 2.45) is 11.8 Å². The highest BCUT2D eigenvalue weighted by Gasteiger charge is 2.43. The van der Waals surface area contributed by atoms with Gasteiger partial charge in [0.2, 0.25) is 5.91 Å². The van der Waals surface area contributed by atoms with E-state index in [9.17, 15) is 4.79 Å². The van der Waals surface area contributed by atoms with E-state index in [1.807, 2.05) is 30.3 Å². The van der Waals surface area contributed by atoms with E-state index in [0.29, 0.717) is 17.4 Å². The summed E-state index contributed by atoms with van der Waals surface area (Å²) in [6.07, 6.45) is 8.37. The number of allylic oxidation sites excluding steroid dienone is 1. The van der Waals surface area contributed by atoms with Crippen LogP contribution in [0, 0.1) is 11.8 Å². The number of nitrogens with zero attached hydrogens (tertiary/aromatic N) is 1. The fourth-order valence-electron chi connectivity index (χ4n) is 5.33. The van der Waals surface area contributed by atoms with E-state index < -0.39 is 0 Å². The lowest BCUT2D eigenvalue weighted by Crippen LogP contribution is -2.48. The summed E-state index contributed by atoms with van der Waals surface area (Å²) in [7, 11) is 0. The van der Waals surface area contributed by atoms with Crippen molar-refractivity contribution in [2.45, 2.75) is 50.5 Å². The minimum absolute atomic E-state index is 0.00472. The molecule has 0 radical (unpaired) electrons.